The highest BCUT2D eigenvalue weighted by molar-refractivity contribution is 5.97. The van der Waals surface area contributed by atoms with Gasteiger partial charge in [-0.2, -0.15) is 0 Å². The van der Waals surface area contributed by atoms with Gasteiger partial charge in [0.05, 0.1) is 5.56 Å². The van der Waals surface area contributed by atoms with Gasteiger partial charge in [-0.15, -0.1) is 0 Å². The summed E-state index contributed by atoms with van der Waals surface area (Å²) in [5.74, 6) is 0.0384. The van der Waals surface area contributed by atoms with E-state index < -0.39 is 5.91 Å². The molecule has 1 rings (SSSR count). The summed E-state index contributed by atoms with van der Waals surface area (Å²) >= 11 is 0. The van der Waals surface area contributed by atoms with Gasteiger partial charge in [-0.05, 0) is 32.0 Å². The molecule has 1 aromatic rings. The highest BCUT2D eigenvalue weighted by Crippen LogP contribution is 2.12. The maximum atomic E-state index is 11.1. The van der Waals surface area contributed by atoms with Crippen LogP contribution in [0.2, 0.25) is 0 Å². The Hall–Kier alpha value is -1.62. The fourth-order valence-corrected chi connectivity index (χ4v) is 1.27. The average molecular weight is 208 g/mol. The molecule has 0 radical (unpaired) electrons. The summed E-state index contributed by atoms with van der Waals surface area (Å²) < 4.78 is 0. The smallest absolute Gasteiger partial charge is 0.252 e. The van der Waals surface area contributed by atoms with E-state index in [-0.39, 0.29) is 6.04 Å². The van der Waals surface area contributed by atoms with Crippen LogP contribution in [0.3, 0.4) is 0 Å². The lowest BCUT2D eigenvalue weighted by Crippen LogP contribution is -2.23. The lowest BCUT2D eigenvalue weighted by molar-refractivity contribution is 0.100. The van der Waals surface area contributed by atoms with Crippen LogP contribution in [0.25, 0.3) is 0 Å². The largest absolute Gasteiger partial charge is 0.367 e. The topological polar surface area (TPSA) is 94.0 Å². The fourth-order valence-electron chi connectivity index (χ4n) is 1.27. The van der Waals surface area contributed by atoms with Crippen LogP contribution >= 0.6 is 0 Å². The number of primary amides is 1. The van der Waals surface area contributed by atoms with Crippen LogP contribution in [0.1, 0.15) is 23.7 Å². The van der Waals surface area contributed by atoms with Crippen LogP contribution in [0.4, 0.5) is 5.82 Å². The Bertz CT molecular complexity index is 340. The van der Waals surface area contributed by atoms with Gasteiger partial charge >= 0.3 is 0 Å². The summed E-state index contributed by atoms with van der Waals surface area (Å²) in [5, 5.41) is 3.10. The predicted molar refractivity (Wildman–Crippen MR) is 59.5 cm³/mol. The third kappa shape index (κ3) is 3.21. The normalized spacial score (nSPS) is 12.1. The Morgan fingerprint density at radius 2 is 2.40 bits per heavy atom. The van der Waals surface area contributed by atoms with Crippen molar-refractivity contribution in [2.75, 3.05) is 11.9 Å². The summed E-state index contributed by atoms with van der Waals surface area (Å²) in [5.41, 5.74) is 11.1. The second kappa shape index (κ2) is 5.31. The average Bonchev–Trinajstić information content (AvgIpc) is 2.18. The van der Waals surface area contributed by atoms with Gasteiger partial charge in [0.25, 0.3) is 5.91 Å². The minimum atomic E-state index is -0.481. The number of hydrogen-bond acceptors (Lipinski definition) is 4. The molecule has 0 saturated carbocycles. The first kappa shape index (κ1) is 11.5. The standard InChI is InChI=1S/C10H16N4O/c1-7(4-5-11)14-10-8(9(12)15)3-2-6-13-10/h2-3,6-7H,4-5,11H2,1H3,(H2,12,15)(H,13,14). The van der Waals surface area contributed by atoms with E-state index >= 15 is 0 Å². The van der Waals surface area contributed by atoms with Crippen molar-refractivity contribution in [3.05, 3.63) is 23.9 Å². The molecule has 5 N–H and O–H groups in total. The van der Waals surface area contributed by atoms with Gasteiger partial charge in [-0.25, -0.2) is 4.98 Å². The molecule has 1 amide bonds. The van der Waals surface area contributed by atoms with Gasteiger partial charge in [-0.1, -0.05) is 0 Å². The van der Waals surface area contributed by atoms with Crippen LogP contribution in [-0.4, -0.2) is 23.5 Å². The zero-order valence-electron chi connectivity index (χ0n) is 8.73. The lowest BCUT2D eigenvalue weighted by Gasteiger charge is -2.14. The maximum Gasteiger partial charge on any atom is 0.252 e. The Balaban J connectivity index is 2.79. The van der Waals surface area contributed by atoms with Gasteiger partial charge in [-0.3, -0.25) is 4.79 Å². The number of amides is 1. The molecule has 0 bridgehead atoms. The minimum Gasteiger partial charge on any atom is -0.367 e. The molecule has 0 fully saturated rings. The van der Waals surface area contributed by atoms with Crippen molar-refractivity contribution < 1.29 is 4.79 Å². The van der Waals surface area contributed by atoms with E-state index in [1.807, 2.05) is 6.92 Å². The zero-order valence-corrected chi connectivity index (χ0v) is 8.73. The van der Waals surface area contributed by atoms with Crippen LogP contribution in [0, 0.1) is 0 Å². The Kier molecular flexibility index (Phi) is 4.05. The molecule has 0 aliphatic heterocycles. The van der Waals surface area contributed by atoms with Crippen LogP contribution in [-0.2, 0) is 0 Å². The van der Waals surface area contributed by atoms with Crippen molar-refractivity contribution in [2.24, 2.45) is 11.5 Å². The van der Waals surface area contributed by atoms with E-state index in [1.54, 1.807) is 18.3 Å². The maximum absolute atomic E-state index is 11.1. The number of hydrogen-bond donors (Lipinski definition) is 3. The Labute approximate surface area is 88.9 Å². The van der Waals surface area contributed by atoms with Crippen LogP contribution in [0.15, 0.2) is 18.3 Å². The summed E-state index contributed by atoms with van der Waals surface area (Å²) in [4.78, 5) is 15.1. The first-order valence-electron chi connectivity index (χ1n) is 4.86. The van der Waals surface area contributed by atoms with Crippen molar-refractivity contribution in [3.8, 4) is 0 Å². The first-order valence-corrected chi connectivity index (χ1v) is 4.86. The minimum absolute atomic E-state index is 0.169. The van der Waals surface area contributed by atoms with Gasteiger partial charge in [0, 0.05) is 12.2 Å². The number of carbonyl (C=O) groups is 1. The summed E-state index contributed by atoms with van der Waals surface area (Å²) in [6.07, 6.45) is 2.43. The van der Waals surface area contributed by atoms with Crippen molar-refractivity contribution in [3.63, 3.8) is 0 Å². The van der Waals surface area contributed by atoms with E-state index in [9.17, 15) is 4.79 Å². The number of anilines is 1. The van der Waals surface area contributed by atoms with E-state index in [0.717, 1.165) is 6.42 Å². The summed E-state index contributed by atoms with van der Waals surface area (Å²) in [7, 11) is 0. The summed E-state index contributed by atoms with van der Waals surface area (Å²) in [6.45, 7) is 2.57. The Morgan fingerprint density at radius 3 is 3.00 bits per heavy atom. The molecule has 1 heterocycles. The molecule has 1 aromatic heterocycles. The fraction of sp³-hybridized carbons (Fsp3) is 0.400. The second-order valence-electron chi connectivity index (χ2n) is 3.39. The Morgan fingerprint density at radius 1 is 1.67 bits per heavy atom. The van der Waals surface area contributed by atoms with E-state index in [4.69, 9.17) is 11.5 Å². The van der Waals surface area contributed by atoms with E-state index in [2.05, 4.69) is 10.3 Å². The van der Waals surface area contributed by atoms with Crippen molar-refractivity contribution in [1.82, 2.24) is 4.98 Å². The third-order valence-electron chi connectivity index (χ3n) is 2.06. The number of nitrogens with two attached hydrogens (primary N) is 2. The van der Waals surface area contributed by atoms with Gasteiger partial charge in [0.2, 0.25) is 0 Å². The van der Waals surface area contributed by atoms with Gasteiger partial charge < -0.3 is 16.8 Å². The molecule has 5 heteroatoms. The second-order valence-corrected chi connectivity index (χ2v) is 3.39. The number of nitrogens with one attached hydrogen (secondary N) is 1. The third-order valence-corrected chi connectivity index (χ3v) is 2.06. The van der Waals surface area contributed by atoms with Gasteiger partial charge in [0.15, 0.2) is 0 Å². The molecule has 15 heavy (non-hydrogen) atoms. The van der Waals surface area contributed by atoms with E-state index in [1.165, 1.54) is 0 Å². The molecular weight excluding hydrogens is 192 g/mol. The number of nitrogens with zero attached hydrogens (tertiary/aromatic N) is 1. The van der Waals surface area contributed by atoms with Crippen molar-refractivity contribution in [2.45, 2.75) is 19.4 Å². The molecule has 5 nitrogen and oxygen atoms in total. The van der Waals surface area contributed by atoms with Crippen LogP contribution < -0.4 is 16.8 Å². The molecule has 82 valence electrons. The summed E-state index contributed by atoms with van der Waals surface area (Å²) in [6, 6.07) is 3.49. The monoisotopic (exact) mass is 208 g/mol. The number of aromatic nitrogens is 1. The molecule has 0 aromatic carbocycles. The quantitative estimate of drug-likeness (QED) is 0.650. The van der Waals surface area contributed by atoms with Gasteiger partial charge in [0.1, 0.15) is 5.82 Å². The molecule has 0 saturated heterocycles. The SMILES string of the molecule is CC(CCN)Nc1ncccc1C(N)=O. The lowest BCUT2D eigenvalue weighted by atomic mass is 10.2. The number of pyridine rings is 1. The zero-order chi connectivity index (χ0) is 11.3. The van der Waals surface area contributed by atoms with E-state index in [0.29, 0.717) is 17.9 Å². The predicted octanol–water partition coefficient (Wildman–Crippen LogP) is 0.330. The van der Waals surface area contributed by atoms with Crippen LogP contribution in [0.5, 0.6) is 0 Å². The van der Waals surface area contributed by atoms with Crippen molar-refractivity contribution >= 4 is 11.7 Å². The molecule has 1 unspecified atom stereocenters. The molecular formula is C10H16N4O. The highest BCUT2D eigenvalue weighted by atomic mass is 16.1. The number of rotatable bonds is 5. The van der Waals surface area contributed by atoms with Crippen molar-refractivity contribution in [1.29, 1.82) is 0 Å². The first-order chi connectivity index (χ1) is 7.15. The number of carbonyl (C=O) groups excluding carboxylic acids is 1. The molecule has 0 spiro atoms. The highest BCUT2D eigenvalue weighted by Gasteiger charge is 2.10. The molecule has 0 aliphatic rings. The molecule has 0 aliphatic carbocycles. The molecule has 1 atom stereocenters.